The lowest BCUT2D eigenvalue weighted by Crippen LogP contribution is -1.96. The van der Waals surface area contributed by atoms with Crippen molar-refractivity contribution in [3.05, 3.63) is 28.0 Å². The molecule has 0 aromatic carbocycles. The monoisotopic (exact) mass is 233 g/mol. The van der Waals surface area contributed by atoms with E-state index in [9.17, 15) is 4.79 Å². The summed E-state index contributed by atoms with van der Waals surface area (Å²) in [6.45, 7) is 0. The molecule has 1 aromatic rings. The van der Waals surface area contributed by atoms with Gasteiger partial charge >= 0.3 is 5.97 Å². The van der Waals surface area contributed by atoms with Crippen LogP contribution in [0, 0.1) is 0 Å². The quantitative estimate of drug-likeness (QED) is 0.815. The number of rotatable bonds is 4. The zero-order valence-corrected chi connectivity index (χ0v) is 8.85. The van der Waals surface area contributed by atoms with Crippen LogP contribution in [0.5, 0.6) is 0 Å². The molecule has 0 saturated heterocycles. The van der Waals surface area contributed by atoms with Gasteiger partial charge in [-0.05, 0) is 24.5 Å². The fourth-order valence-corrected chi connectivity index (χ4v) is 1.51. The van der Waals surface area contributed by atoms with Crippen LogP contribution in [0.3, 0.4) is 0 Å². The molecule has 1 heterocycles. The Kier molecular flexibility index (Phi) is 4.17. The van der Waals surface area contributed by atoms with E-state index in [1.54, 1.807) is 12.3 Å². The highest BCUT2D eigenvalue weighted by atomic mass is 35.5. The molecule has 1 rings (SSSR count). The van der Waals surface area contributed by atoms with Crippen LogP contribution in [0.1, 0.15) is 18.4 Å². The van der Waals surface area contributed by atoms with Crippen LogP contribution in [0.2, 0.25) is 10.2 Å². The third-order valence-corrected chi connectivity index (χ3v) is 2.29. The summed E-state index contributed by atoms with van der Waals surface area (Å²) in [7, 11) is 0. The van der Waals surface area contributed by atoms with Gasteiger partial charge in [-0.25, -0.2) is 4.98 Å². The Morgan fingerprint density at radius 3 is 2.79 bits per heavy atom. The number of hydrogen-bond donors (Lipinski definition) is 1. The molecular formula is C9H9Cl2NO2. The van der Waals surface area contributed by atoms with Crippen LogP contribution < -0.4 is 0 Å². The van der Waals surface area contributed by atoms with Crippen molar-refractivity contribution < 1.29 is 9.90 Å². The summed E-state index contributed by atoms with van der Waals surface area (Å²) >= 11 is 11.5. The maximum atomic E-state index is 10.3. The minimum absolute atomic E-state index is 0.138. The highest BCUT2D eigenvalue weighted by Crippen LogP contribution is 2.20. The van der Waals surface area contributed by atoms with E-state index in [4.69, 9.17) is 28.3 Å². The number of hydrogen-bond acceptors (Lipinski definition) is 2. The SMILES string of the molecule is O=C(O)CCCc1cnc(Cl)cc1Cl. The average Bonchev–Trinajstić information content (AvgIpc) is 2.08. The van der Waals surface area contributed by atoms with Gasteiger partial charge < -0.3 is 5.11 Å². The topological polar surface area (TPSA) is 50.2 Å². The van der Waals surface area contributed by atoms with Crippen molar-refractivity contribution in [2.24, 2.45) is 0 Å². The van der Waals surface area contributed by atoms with Crippen molar-refractivity contribution >= 4 is 29.2 Å². The van der Waals surface area contributed by atoms with Crippen molar-refractivity contribution in [1.82, 2.24) is 4.98 Å². The van der Waals surface area contributed by atoms with E-state index >= 15 is 0 Å². The maximum absolute atomic E-state index is 10.3. The predicted molar refractivity (Wildman–Crippen MR) is 54.8 cm³/mol. The number of nitrogens with zero attached hydrogens (tertiary/aromatic N) is 1. The number of pyridine rings is 1. The molecule has 0 radical (unpaired) electrons. The Morgan fingerprint density at radius 1 is 1.50 bits per heavy atom. The van der Waals surface area contributed by atoms with Gasteiger partial charge in [0.2, 0.25) is 0 Å². The van der Waals surface area contributed by atoms with E-state index in [0.717, 1.165) is 5.56 Å². The Labute approximate surface area is 91.7 Å². The molecule has 5 heteroatoms. The van der Waals surface area contributed by atoms with Gasteiger partial charge in [0.15, 0.2) is 0 Å². The van der Waals surface area contributed by atoms with Crippen LogP contribution in [-0.4, -0.2) is 16.1 Å². The smallest absolute Gasteiger partial charge is 0.303 e. The van der Waals surface area contributed by atoms with E-state index in [-0.39, 0.29) is 6.42 Å². The van der Waals surface area contributed by atoms with E-state index in [1.807, 2.05) is 0 Å². The molecule has 1 N–H and O–H groups in total. The van der Waals surface area contributed by atoms with Gasteiger partial charge in [0.1, 0.15) is 5.15 Å². The Bertz CT molecular complexity index is 342. The second kappa shape index (κ2) is 5.17. The first kappa shape index (κ1) is 11.3. The van der Waals surface area contributed by atoms with Crippen molar-refractivity contribution in [2.75, 3.05) is 0 Å². The highest BCUT2D eigenvalue weighted by molar-refractivity contribution is 6.34. The van der Waals surface area contributed by atoms with Crippen LogP contribution in [0.15, 0.2) is 12.3 Å². The highest BCUT2D eigenvalue weighted by Gasteiger charge is 2.03. The van der Waals surface area contributed by atoms with E-state index in [2.05, 4.69) is 4.98 Å². The number of halogens is 2. The summed E-state index contributed by atoms with van der Waals surface area (Å²) in [5, 5.41) is 9.32. The van der Waals surface area contributed by atoms with Crippen molar-refractivity contribution in [1.29, 1.82) is 0 Å². The first-order valence-electron chi connectivity index (χ1n) is 4.11. The number of aryl methyl sites for hydroxylation is 1. The van der Waals surface area contributed by atoms with Gasteiger partial charge in [-0.3, -0.25) is 4.79 Å². The number of carbonyl (C=O) groups is 1. The number of aromatic nitrogens is 1. The summed E-state index contributed by atoms with van der Waals surface area (Å²) in [5.41, 5.74) is 0.831. The molecule has 0 aliphatic rings. The third kappa shape index (κ3) is 3.52. The molecule has 3 nitrogen and oxygen atoms in total. The van der Waals surface area contributed by atoms with Crippen molar-refractivity contribution in [3.8, 4) is 0 Å². The maximum Gasteiger partial charge on any atom is 0.303 e. The predicted octanol–water partition coefficient (Wildman–Crippen LogP) is 2.80. The summed E-state index contributed by atoms with van der Waals surface area (Å²) < 4.78 is 0. The molecule has 0 bridgehead atoms. The zero-order valence-electron chi connectivity index (χ0n) is 7.33. The molecule has 14 heavy (non-hydrogen) atoms. The van der Waals surface area contributed by atoms with Gasteiger partial charge in [-0.1, -0.05) is 23.2 Å². The average molecular weight is 234 g/mol. The molecule has 0 atom stereocenters. The standard InChI is InChI=1S/C9H9Cl2NO2/c10-7-4-8(11)12-5-6(7)2-1-3-9(13)14/h4-5H,1-3H2,(H,13,14). The second-order valence-corrected chi connectivity index (χ2v) is 3.64. The van der Waals surface area contributed by atoms with Crippen molar-refractivity contribution in [2.45, 2.75) is 19.3 Å². The molecule has 0 aliphatic heterocycles. The second-order valence-electron chi connectivity index (χ2n) is 2.85. The lowest BCUT2D eigenvalue weighted by Gasteiger charge is -2.02. The van der Waals surface area contributed by atoms with E-state index in [1.165, 1.54) is 0 Å². The van der Waals surface area contributed by atoms with Crippen LogP contribution in [-0.2, 0) is 11.2 Å². The van der Waals surface area contributed by atoms with Gasteiger partial charge in [0, 0.05) is 17.6 Å². The summed E-state index contributed by atoms with van der Waals surface area (Å²) in [6, 6.07) is 1.55. The Morgan fingerprint density at radius 2 is 2.21 bits per heavy atom. The molecule has 76 valence electrons. The summed E-state index contributed by atoms with van der Waals surface area (Å²) in [4.78, 5) is 14.1. The number of carboxylic acid groups (broad SMARTS) is 1. The number of aliphatic carboxylic acids is 1. The third-order valence-electron chi connectivity index (χ3n) is 1.73. The van der Waals surface area contributed by atoms with Crippen molar-refractivity contribution in [3.63, 3.8) is 0 Å². The molecular weight excluding hydrogens is 225 g/mol. The molecule has 0 unspecified atom stereocenters. The Balaban J connectivity index is 2.55. The normalized spacial score (nSPS) is 10.1. The van der Waals surface area contributed by atoms with E-state index < -0.39 is 5.97 Å². The van der Waals surface area contributed by atoms with Crippen LogP contribution in [0.4, 0.5) is 0 Å². The van der Waals surface area contributed by atoms with E-state index in [0.29, 0.717) is 23.0 Å². The van der Waals surface area contributed by atoms with Gasteiger partial charge in [0.05, 0.1) is 0 Å². The molecule has 0 fully saturated rings. The fourth-order valence-electron chi connectivity index (χ4n) is 1.05. The zero-order chi connectivity index (χ0) is 10.6. The molecule has 0 saturated carbocycles. The molecule has 0 spiro atoms. The summed E-state index contributed by atoms with van der Waals surface area (Å²) in [5.74, 6) is -0.803. The van der Waals surface area contributed by atoms with Crippen LogP contribution >= 0.6 is 23.2 Å². The lowest BCUT2D eigenvalue weighted by atomic mass is 10.1. The minimum atomic E-state index is -0.803. The largest absolute Gasteiger partial charge is 0.481 e. The Hall–Kier alpha value is -0.800. The first-order chi connectivity index (χ1) is 6.59. The number of carboxylic acids is 1. The van der Waals surface area contributed by atoms with Crippen LogP contribution in [0.25, 0.3) is 0 Å². The minimum Gasteiger partial charge on any atom is -0.481 e. The summed E-state index contributed by atoms with van der Waals surface area (Å²) in [6.07, 6.45) is 2.87. The van der Waals surface area contributed by atoms with Gasteiger partial charge in [-0.2, -0.15) is 0 Å². The first-order valence-corrected chi connectivity index (χ1v) is 4.87. The lowest BCUT2D eigenvalue weighted by molar-refractivity contribution is -0.137. The van der Waals surface area contributed by atoms with Gasteiger partial charge in [0.25, 0.3) is 0 Å². The molecule has 0 aliphatic carbocycles. The molecule has 0 amide bonds. The fraction of sp³-hybridized carbons (Fsp3) is 0.333. The molecule has 1 aromatic heterocycles. The van der Waals surface area contributed by atoms with Gasteiger partial charge in [-0.15, -0.1) is 0 Å².